The molecule has 4 nitrogen and oxygen atoms in total. The molecule has 0 radical (unpaired) electrons. The first-order chi connectivity index (χ1) is 26.3. The predicted molar refractivity (Wildman–Crippen MR) is 231 cm³/mol. The van der Waals surface area contributed by atoms with Crippen LogP contribution >= 0.6 is 22.6 Å². The molecule has 53 heavy (non-hydrogen) atoms. The van der Waals surface area contributed by atoms with Crippen molar-refractivity contribution in [3.8, 4) is 22.3 Å². The Labute approximate surface area is 320 Å². The molecule has 0 bridgehead atoms. The first-order valence-corrected chi connectivity index (χ1v) is 19.4. The molecule has 7 aromatic carbocycles. The van der Waals surface area contributed by atoms with Gasteiger partial charge in [-0.05, 0) is 133 Å². The number of aromatic nitrogens is 2. The molecule has 2 aromatic heterocycles. The quantitative estimate of drug-likeness (QED) is 0.129. The van der Waals surface area contributed by atoms with Crippen LogP contribution in [0.5, 0.6) is 0 Å². The van der Waals surface area contributed by atoms with E-state index in [0.717, 1.165) is 5.69 Å². The summed E-state index contributed by atoms with van der Waals surface area (Å²) in [7, 11) is 0. The minimum Gasteiger partial charge on any atom is -0.382 e. The minimum atomic E-state index is -0.0363. The van der Waals surface area contributed by atoms with Crippen molar-refractivity contribution in [2.45, 2.75) is 0 Å². The van der Waals surface area contributed by atoms with Gasteiger partial charge in [-0.15, -0.1) is 0 Å². The Balaban J connectivity index is 1.24. The van der Waals surface area contributed by atoms with Crippen LogP contribution in [0.3, 0.4) is 0 Å². The van der Waals surface area contributed by atoms with E-state index >= 15 is 0 Å². The summed E-state index contributed by atoms with van der Waals surface area (Å²) in [6, 6.07) is 56.5. The summed E-state index contributed by atoms with van der Waals surface area (Å²) in [6.45, 7) is -0.0195. The minimum absolute atomic E-state index is 0.0168. The van der Waals surface area contributed by atoms with E-state index in [0.29, 0.717) is 0 Å². The second-order valence-corrected chi connectivity index (χ2v) is 15.8. The third-order valence-corrected chi connectivity index (χ3v) is 13.1. The van der Waals surface area contributed by atoms with Crippen LogP contribution in [0, 0.1) is 3.57 Å². The molecule has 0 amide bonds. The fourth-order valence-electron chi connectivity index (χ4n) is 10.3. The van der Waals surface area contributed by atoms with Crippen molar-refractivity contribution in [3.05, 3.63) is 168 Å². The van der Waals surface area contributed by atoms with Crippen molar-refractivity contribution in [3.63, 3.8) is 0 Å². The van der Waals surface area contributed by atoms with Crippen LogP contribution in [-0.2, 0) is 0 Å². The zero-order valence-electron chi connectivity index (χ0n) is 28.4. The van der Waals surface area contributed by atoms with E-state index in [-0.39, 0.29) is 13.7 Å². The van der Waals surface area contributed by atoms with Crippen LogP contribution in [0.1, 0.15) is 0 Å². The van der Waals surface area contributed by atoms with Crippen molar-refractivity contribution >= 4 is 114 Å². The van der Waals surface area contributed by atoms with Gasteiger partial charge in [0.25, 0.3) is 0 Å². The summed E-state index contributed by atoms with van der Waals surface area (Å²) in [5.41, 5.74) is 20.6. The summed E-state index contributed by atoms with van der Waals surface area (Å²) < 4.78 is 6.40. The van der Waals surface area contributed by atoms with Gasteiger partial charge in [-0.2, -0.15) is 0 Å². The van der Waals surface area contributed by atoms with E-state index in [1.807, 2.05) is 0 Å². The van der Waals surface area contributed by atoms with Gasteiger partial charge in [0.2, 0.25) is 0 Å². The predicted octanol–water partition coefficient (Wildman–Crippen LogP) is 9.04. The first-order valence-electron chi connectivity index (χ1n) is 18.3. The largest absolute Gasteiger partial charge is 0.382 e. The van der Waals surface area contributed by atoms with Crippen molar-refractivity contribution in [1.82, 2.24) is 8.96 Å². The lowest BCUT2D eigenvalue weighted by molar-refractivity contribution is 1.20. The van der Waals surface area contributed by atoms with Crippen molar-refractivity contribution in [2.24, 2.45) is 0 Å². The summed E-state index contributed by atoms with van der Waals surface area (Å²) >= 11 is 2.66. The molecular formula is C46H27B2IN4. The second-order valence-electron chi connectivity index (χ2n) is 14.6. The molecule has 0 N–H and O–H groups in total. The number of hydrogen-bond acceptors (Lipinski definition) is 2. The molecular weight excluding hydrogens is 757 g/mol. The van der Waals surface area contributed by atoms with Crippen LogP contribution < -0.4 is 31.7 Å². The Morgan fingerprint density at radius 3 is 1.47 bits per heavy atom. The smallest absolute Gasteiger partial charge is 0.334 e. The highest BCUT2D eigenvalue weighted by atomic mass is 127. The van der Waals surface area contributed by atoms with Gasteiger partial charge in [-0.1, -0.05) is 97.1 Å². The zero-order valence-corrected chi connectivity index (χ0v) is 30.6. The molecule has 6 heterocycles. The third kappa shape index (κ3) is 3.49. The number of rotatable bonds is 2. The maximum Gasteiger partial charge on any atom is 0.334 e. The van der Waals surface area contributed by atoms with Gasteiger partial charge in [0, 0.05) is 59.9 Å². The summed E-state index contributed by atoms with van der Waals surface area (Å²) in [5.74, 6) is 0. The van der Waals surface area contributed by atoms with Gasteiger partial charge in [0.05, 0.1) is 0 Å². The number of anilines is 6. The van der Waals surface area contributed by atoms with E-state index in [2.05, 4.69) is 205 Å². The zero-order chi connectivity index (χ0) is 34.5. The molecule has 0 spiro atoms. The molecule has 9 aromatic rings. The lowest BCUT2D eigenvalue weighted by atomic mass is 9.40. The Morgan fingerprint density at radius 2 is 0.887 bits per heavy atom. The van der Waals surface area contributed by atoms with E-state index in [1.165, 1.54) is 97.9 Å². The van der Waals surface area contributed by atoms with Crippen LogP contribution in [0.4, 0.5) is 34.1 Å². The third-order valence-electron chi connectivity index (χ3n) is 12.2. The van der Waals surface area contributed by atoms with Crippen LogP contribution in [0.25, 0.3) is 44.1 Å². The molecule has 4 aliphatic heterocycles. The maximum atomic E-state index is 2.66. The number of para-hydroxylation sites is 4. The molecule has 244 valence electrons. The summed E-state index contributed by atoms with van der Waals surface area (Å²) in [5, 5.41) is 2.56. The highest BCUT2D eigenvalue weighted by molar-refractivity contribution is 14.1. The van der Waals surface area contributed by atoms with Gasteiger partial charge in [0.1, 0.15) is 0 Å². The van der Waals surface area contributed by atoms with Crippen molar-refractivity contribution < 1.29 is 0 Å². The Hall–Kier alpha value is -5.92. The molecule has 0 atom stereocenters. The average Bonchev–Trinajstić information content (AvgIpc) is 3.85. The molecule has 0 saturated heterocycles. The van der Waals surface area contributed by atoms with Crippen LogP contribution in [0.15, 0.2) is 164 Å². The standard InChI is InChI=1S/C46H27B2IN4/c49-36-27-39-43(48-40-32(34-19-8-12-29-24-26-51(48)45(29)34)17-9-21-37(40)52(39)30-13-3-1-4-14-30)46-42(36)47-41-33(35-20-7-11-28-23-25-50(47)44(28)35)18-10-22-38(41)53(46)31-15-5-2-6-16-31/h1-27H. The fraction of sp³-hybridized carbons (Fsp3) is 0. The molecule has 7 heteroatoms. The highest BCUT2D eigenvalue weighted by Gasteiger charge is 2.49. The summed E-state index contributed by atoms with van der Waals surface area (Å²) in [4.78, 5) is 5.12. The molecule has 13 rings (SSSR count). The van der Waals surface area contributed by atoms with Crippen LogP contribution in [-0.4, -0.2) is 22.7 Å². The van der Waals surface area contributed by atoms with E-state index in [1.54, 1.807) is 0 Å². The lowest BCUT2D eigenvalue weighted by Crippen LogP contribution is -2.63. The summed E-state index contributed by atoms with van der Waals surface area (Å²) in [6.07, 6.45) is 4.66. The molecule has 0 aliphatic carbocycles. The topological polar surface area (TPSA) is 16.3 Å². The normalized spacial score (nSPS) is 14.0. The Kier molecular flexibility index (Phi) is 5.48. The number of fused-ring (bicyclic) bond motifs is 9. The van der Waals surface area contributed by atoms with Crippen molar-refractivity contribution in [1.29, 1.82) is 0 Å². The van der Waals surface area contributed by atoms with Crippen LogP contribution in [0.2, 0.25) is 0 Å². The Morgan fingerprint density at radius 1 is 0.396 bits per heavy atom. The van der Waals surface area contributed by atoms with Gasteiger partial charge in [-0.3, -0.25) is 0 Å². The van der Waals surface area contributed by atoms with Gasteiger partial charge < -0.3 is 18.8 Å². The molecule has 0 unspecified atom stereocenters. The SMILES string of the molecule is Ic1cc2c(c3c1B1c4c(cccc4N3c3ccccc3)-c3cccc4ccn1c34)B1c3c(cccc3N2c2ccccc2)-c2cccc3ccn1c23. The van der Waals surface area contributed by atoms with Gasteiger partial charge in [0.15, 0.2) is 0 Å². The maximum absolute atomic E-state index is 2.66. The molecule has 0 fully saturated rings. The first kappa shape index (κ1) is 28.6. The molecule has 0 saturated carbocycles. The van der Waals surface area contributed by atoms with Gasteiger partial charge >= 0.3 is 13.7 Å². The van der Waals surface area contributed by atoms with E-state index < -0.39 is 0 Å². The van der Waals surface area contributed by atoms with Crippen molar-refractivity contribution in [2.75, 3.05) is 9.80 Å². The lowest BCUT2D eigenvalue weighted by Gasteiger charge is -2.46. The average molecular weight is 784 g/mol. The van der Waals surface area contributed by atoms with E-state index in [4.69, 9.17) is 0 Å². The number of benzene rings is 7. The number of nitrogens with zero attached hydrogens (tertiary/aromatic N) is 4. The monoisotopic (exact) mass is 784 g/mol. The molecule has 4 aliphatic rings. The Bertz CT molecular complexity index is 3060. The fourth-order valence-corrected chi connectivity index (χ4v) is 11.1. The number of halogens is 1. The number of hydrogen-bond donors (Lipinski definition) is 0. The van der Waals surface area contributed by atoms with E-state index in [9.17, 15) is 0 Å². The second kappa shape index (κ2) is 10.1. The highest BCUT2D eigenvalue weighted by Crippen LogP contribution is 2.48. The van der Waals surface area contributed by atoms with Gasteiger partial charge in [-0.25, -0.2) is 0 Å².